The predicted molar refractivity (Wildman–Crippen MR) is 74.2 cm³/mol. The molecule has 0 bridgehead atoms. The maximum absolute atomic E-state index is 12.7. The lowest BCUT2D eigenvalue weighted by atomic mass is 9.73. The van der Waals surface area contributed by atoms with Gasteiger partial charge in [-0.15, -0.1) is 0 Å². The highest BCUT2D eigenvalue weighted by molar-refractivity contribution is 5.82. The maximum atomic E-state index is 12.7. The molecule has 1 aliphatic heterocycles. The van der Waals surface area contributed by atoms with E-state index in [1.54, 1.807) is 0 Å². The zero-order chi connectivity index (χ0) is 13.2. The smallest absolute Gasteiger partial charge is 0.228 e. The third-order valence-electron chi connectivity index (χ3n) is 5.22. The lowest BCUT2D eigenvalue weighted by molar-refractivity contribution is -0.145. The van der Waals surface area contributed by atoms with Gasteiger partial charge in [-0.05, 0) is 37.6 Å². The minimum absolute atomic E-state index is 0.0747. The van der Waals surface area contributed by atoms with Gasteiger partial charge in [0.15, 0.2) is 0 Å². The van der Waals surface area contributed by atoms with E-state index >= 15 is 0 Å². The number of carbonyl (C=O) groups is 1. The Morgan fingerprint density at radius 3 is 2.11 bits per heavy atom. The zero-order valence-electron chi connectivity index (χ0n) is 12.0. The van der Waals surface area contributed by atoms with Crippen LogP contribution in [0.4, 0.5) is 0 Å². The first-order valence-electron chi connectivity index (χ1n) is 7.49. The van der Waals surface area contributed by atoms with Crippen molar-refractivity contribution in [1.82, 2.24) is 4.90 Å². The fraction of sp³-hybridized carbons (Fsp3) is 0.933. The number of amides is 1. The molecule has 0 unspecified atom stereocenters. The summed E-state index contributed by atoms with van der Waals surface area (Å²) in [6.07, 6.45) is 8.02. The Balaban J connectivity index is 1.95. The largest absolute Gasteiger partial charge is 0.342 e. The Morgan fingerprint density at radius 1 is 1.06 bits per heavy atom. The molecule has 0 aromatic heterocycles. The van der Waals surface area contributed by atoms with Crippen molar-refractivity contribution in [3.05, 3.63) is 0 Å². The summed E-state index contributed by atoms with van der Waals surface area (Å²) >= 11 is 0. The van der Waals surface area contributed by atoms with Gasteiger partial charge in [0.05, 0.1) is 0 Å². The standard InChI is InChI=1S/C15H28N2O/c1-14(12-16)8-10-17(11-9-14)13(18)15(2)6-4-3-5-7-15/h3-12,16H2,1-2H3. The molecule has 3 heteroatoms. The van der Waals surface area contributed by atoms with Crippen molar-refractivity contribution < 1.29 is 4.79 Å². The van der Waals surface area contributed by atoms with Crippen molar-refractivity contribution in [3.63, 3.8) is 0 Å². The third-order valence-corrected chi connectivity index (χ3v) is 5.22. The van der Waals surface area contributed by atoms with E-state index in [1.165, 1.54) is 19.3 Å². The van der Waals surface area contributed by atoms with Gasteiger partial charge in [-0.1, -0.05) is 33.1 Å². The average Bonchev–Trinajstić information content (AvgIpc) is 2.40. The molecule has 2 aliphatic rings. The number of likely N-dealkylation sites (tertiary alicyclic amines) is 1. The fourth-order valence-corrected chi connectivity index (χ4v) is 3.38. The third kappa shape index (κ3) is 2.71. The summed E-state index contributed by atoms with van der Waals surface area (Å²) in [7, 11) is 0. The van der Waals surface area contributed by atoms with Gasteiger partial charge in [0.2, 0.25) is 5.91 Å². The van der Waals surface area contributed by atoms with Crippen LogP contribution in [0.3, 0.4) is 0 Å². The van der Waals surface area contributed by atoms with E-state index < -0.39 is 0 Å². The molecule has 2 fully saturated rings. The Hall–Kier alpha value is -0.570. The average molecular weight is 252 g/mol. The second-order valence-corrected chi connectivity index (χ2v) is 6.93. The fourth-order valence-electron chi connectivity index (χ4n) is 3.38. The van der Waals surface area contributed by atoms with E-state index in [0.29, 0.717) is 5.91 Å². The molecule has 1 saturated heterocycles. The van der Waals surface area contributed by atoms with Crippen LogP contribution < -0.4 is 5.73 Å². The summed E-state index contributed by atoms with van der Waals surface area (Å²) in [4.78, 5) is 14.8. The van der Waals surface area contributed by atoms with Crippen LogP contribution in [0.15, 0.2) is 0 Å². The van der Waals surface area contributed by atoms with Crippen LogP contribution in [0.1, 0.15) is 58.8 Å². The number of carbonyl (C=O) groups excluding carboxylic acids is 1. The second-order valence-electron chi connectivity index (χ2n) is 6.93. The van der Waals surface area contributed by atoms with Gasteiger partial charge in [0.1, 0.15) is 0 Å². The first kappa shape index (κ1) is 13.9. The van der Waals surface area contributed by atoms with Gasteiger partial charge < -0.3 is 10.6 Å². The summed E-state index contributed by atoms with van der Waals surface area (Å²) in [5.74, 6) is 0.404. The van der Waals surface area contributed by atoms with E-state index in [1.807, 2.05) is 0 Å². The van der Waals surface area contributed by atoms with Crippen molar-refractivity contribution >= 4 is 5.91 Å². The molecule has 104 valence electrons. The summed E-state index contributed by atoms with van der Waals surface area (Å²) in [6, 6.07) is 0. The van der Waals surface area contributed by atoms with Crippen LogP contribution in [-0.2, 0) is 4.79 Å². The summed E-state index contributed by atoms with van der Waals surface area (Å²) < 4.78 is 0. The minimum atomic E-state index is -0.0747. The van der Waals surface area contributed by atoms with E-state index in [9.17, 15) is 4.79 Å². The Bertz CT molecular complexity index is 300. The van der Waals surface area contributed by atoms with Crippen LogP contribution >= 0.6 is 0 Å². The molecule has 0 radical (unpaired) electrons. The molecule has 18 heavy (non-hydrogen) atoms. The molecule has 0 atom stereocenters. The van der Waals surface area contributed by atoms with E-state index in [4.69, 9.17) is 5.73 Å². The lowest BCUT2D eigenvalue weighted by Gasteiger charge is -2.43. The van der Waals surface area contributed by atoms with Crippen molar-refractivity contribution in [2.24, 2.45) is 16.6 Å². The molecule has 2 rings (SSSR count). The van der Waals surface area contributed by atoms with Gasteiger partial charge in [-0.2, -0.15) is 0 Å². The molecular formula is C15H28N2O. The summed E-state index contributed by atoms with van der Waals surface area (Å²) in [5.41, 5.74) is 6.00. The first-order valence-corrected chi connectivity index (χ1v) is 7.49. The van der Waals surface area contributed by atoms with E-state index in [-0.39, 0.29) is 10.8 Å². The SMILES string of the molecule is CC1(CN)CCN(C(=O)C2(C)CCCCC2)CC1. The van der Waals surface area contributed by atoms with Gasteiger partial charge in [0, 0.05) is 18.5 Å². The van der Waals surface area contributed by atoms with Crippen LogP contribution in [0.5, 0.6) is 0 Å². The second kappa shape index (κ2) is 5.20. The first-order chi connectivity index (χ1) is 8.49. The Labute approximate surface area is 111 Å². The molecule has 0 aromatic rings. The highest BCUT2D eigenvalue weighted by Gasteiger charge is 2.40. The van der Waals surface area contributed by atoms with Crippen molar-refractivity contribution in [1.29, 1.82) is 0 Å². The number of hydrogen-bond acceptors (Lipinski definition) is 2. The van der Waals surface area contributed by atoms with E-state index in [2.05, 4.69) is 18.7 Å². The van der Waals surface area contributed by atoms with Crippen LogP contribution in [0.2, 0.25) is 0 Å². The summed E-state index contributed by atoms with van der Waals surface area (Å²) in [6.45, 7) is 6.97. The quantitative estimate of drug-likeness (QED) is 0.821. The number of piperidine rings is 1. The summed E-state index contributed by atoms with van der Waals surface area (Å²) in [5, 5.41) is 0. The number of hydrogen-bond donors (Lipinski definition) is 1. The zero-order valence-corrected chi connectivity index (χ0v) is 12.0. The van der Waals surface area contributed by atoms with Crippen LogP contribution in [0.25, 0.3) is 0 Å². The molecule has 1 aliphatic carbocycles. The van der Waals surface area contributed by atoms with Gasteiger partial charge >= 0.3 is 0 Å². The molecule has 1 saturated carbocycles. The topological polar surface area (TPSA) is 46.3 Å². The molecule has 1 amide bonds. The van der Waals surface area contributed by atoms with Gasteiger partial charge in [-0.25, -0.2) is 0 Å². The monoisotopic (exact) mass is 252 g/mol. The number of rotatable bonds is 2. The van der Waals surface area contributed by atoms with Gasteiger partial charge in [-0.3, -0.25) is 4.79 Å². The number of nitrogens with zero attached hydrogens (tertiary/aromatic N) is 1. The highest BCUT2D eigenvalue weighted by atomic mass is 16.2. The molecule has 3 nitrogen and oxygen atoms in total. The van der Waals surface area contributed by atoms with Crippen LogP contribution in [-0.4, -0.2) is 30.4 Å². The molecule has 2 N–H and O–H groups in total. The van der Waals surface area contributed by atoms with Crippen molar-refractivity contribution in [2.45, 2.75) is 58.8 Å². The minimum Gasteiger partial charge on any atom is -0.342 e. The van der Waals surface area contributed by atoms with Crippen molar-refractivity contribution in [3.8, 4) is 0 Å². The normalized spacial score (nSPS) is 26.9. The highest BCUT2D eigenvalue weighted by Crippen LogP contribution is 2.39. The van der Waals surface area contributed by atoms with Crippen LogP contribution in [0, 0.1) is 10.8 Å². The van der Waals surface area contributed by atoms with E-state index in [0.717, 1.165) is 45.3 Å². The molecule has 0 spiro atoms. The lowest BCUT2D eigenvalue weighted by Crippen LogP contribution is -2.50. The molecule has 0 aromatic carbocycles. The predicted octanol–water partition coefficient (Wildman–Crippen LogP) is 2.54. The number of nitrogens with two attached hydrogens (primary N) is 1. The van der Waals surface area contributed by atoms with Crippen molar-refractivity contribution in [2.75, 3.05) is 19.6 Å². The Morgan fingerprint density at radius 2 is 1.61 bits per heavy atom. The maximum Gasteiger partial charge on any atom is 0.228 e. The molecule has 1 heterocycles. The van der Waals surface area contributed by atoms with Gasteiger partial charge in [0.25, 0.3) is 0 Å². The molecular weight excluding hydrogens is 224 g/mol. The Kier molecular flexibility index (Phi) is 4.00.